The third kappa shape index (κ3) is 4.11. The van der Waals surface area contributed by atoms with Crippen LogP contribution in [0.4, 0.5) is 0 Å². The highest BCUT2D eigenvalue weighted by atomic mass is 16.3. The van der Waals surface area contributed by atoms with Crippen LogP contribution in [0.2, 0.25) is 0 Å². The molecule has 29 heavy (non-hydrogen) atoms. The minimum absolute atomic E-state index is 0.00986. The Labute approximate surface area is 172 Å². The lowest BCUT2D eigenvalue weighted by molar-refractivity contribution is -0.144. The second kappa shape index (κ2) is 8.47. The number of hydrogen-bond acceptors (Lipinski definition) is 3. The molecule has 0 N–H and O–H groups in total. The third-order valence-corrected chi connectivity index (χ3v) is 6.15. The van der Waals surface area contributed by atoms with E-state index >= 15 is 0 Å². The minimum atomic E-state index is -0.174. The molecule has 6 nitrogen and oxygen atoms in total. The SMILES string of the molecule is CC(C)CN(CC(=O)N1CCn2cccc2C1c1ccoc1)C(=O)C1CCCC1. The van der Waals surface area contributed by atoms with E-state index in [-0.39, 0.29) is 30.3 Å². The fourth-order valence-electron chi connectivity index (χ4n) is 4.79. The zero-order chi connectivity index (χ0) is 20.4. The second-order valence-electron chi connectivity index (χ2n) is 8.77. The monoisotopic (exact) mass is 397 g/mol. The molecule has 0 spiro atoms. The fraction of sp³-hybridized carbons (Fsp3) is 0.565. The summed E-state index contributed by atoms with van der Waals surface area (Å²) in [5.74, 6) is 0.585. The summed E-state index contributed by atoms with van der Waals surface area (Å²) in [6.45, 7) is 6.37. The fourth-order valence-corrected chi connectivity index (χ4v) is 4.79. The summed E-state index contributed by atoms with van der Waals surface area (Å²) >= 11 is 0. The lowest BCUT2D eigenvalue weighted by Crippen LogP contribution is -2.49. The van der Waals surface area contributed by atoms with Gasteiger partial charge in [-0.1, -0.05) is 26.7 Å². The van der Waals surface area contributed by atoms with Gasteiger partial charge in [0, 0.05) is 43.0 Å². The van der Waals surface area contributed by atoms with E-state index < -0.39 is 0 Å². The van der Waals surface area contributed by atoms with Crippen LogP contribution in [0.25, 0.3) is 0 Å². The van der Waals surface area contributed by atoms with Crippen molar-refractivity contribution < 1.29 is 14.0 Å². The van der Waals surface area contributed by atoms with Gasteiger partial charge in [-0.15, -0.1) is 0 Å². The van der Waals surface area contributed by atoms with E-state index in [4.69, 9.17) is 4.42 Å². The molecule has 2 aromatic heterocycles. The molecule has 6 heteroatoms. The number of hydrogen-bond donors (Lipinski definition) is 0. The largest absolute Gasteiger partial charge is 0.472 e. The quantitative estimate of drug-likeness (QED) is 0.747. The first-order valence-electron chi connectivity index (χ1n) is 10.8. The summed E-state index contributed by atoms with van der Waals surface area (Å²) in [4.78, 5) is 30.3. The van der Waals surface area contributed by atoms with Gasteiger partial charge in [0.25, 0.3) is 0 Å². The molecule has 1 atom stereocenters. The van der Waals surface area contributed by atoms with Gasteiger partial charge in [-0.2, -0.15) is 0 Å². The number of nitrogens with zero attached hydrogens (tertiary/aromatic N) is 3. The van der Waals surface area contributed by atoms with Crippen molar-refractivity contribution in [2.45, 2.75) is 52.1 Å². The Morgan fingerprint density at radius 3 is 2.69 bits per heavy atom. The molecule has 1 fully saturated rings. The van der Waals surface area contributed by atoms with E-state index in [9.17, 15) is 9.59 Å². The summed E-state index contributed by atoms with van der Waals surface area (Å²) in [5.41, 5.74) is 2.05. The summed E-state index contributed by atoms with van der Waals surface area (Å²) in [7, 11) is 0. The molecule has 2 aromatic rings. The summed E-state index contributed by atoms with van der Waals surface area (Å²) in [6, 6.07) is 5.83. The van der Waals surface area contributed by atoms with Crippen LogP contribution in [0.5, 0.6) is 0 Å². The molecule has 0 radical (unpaired) electrons. The summed E-state index contributed by atoms with van der Waals surface area (Å²) in [5, 5.41) is 0. The molecular weight excluding hydrogens is 366 g/mol. The van der Waals surface area contributed by atoms with Crippen molar-refractivity contribution in [1.29, 1.82) is 0 Å². The summed E-state index contributed by atoms with van der Waals surface area (Å²) in [6.07, 6.45) is 9.56. The molecule has 2 amide bonds. The number of furan rings is 1. The van der Waals surface area contributed by atoms with Crippen LogP contribution >= 0.6 is 0 Å². The molecule has 156 valence electrons. The Bertz CT molecular complexity index is 833. The first kappa shape index (κ1) is 19.8. The third-order valence-electron chi connectivity index (χ3n) is 6.15. The Morgan fingerprint density at radius 2 is 2.00 bits per heavy atom. The topological polar surface area (TPSA) is 58.7 Å². The number of amides is 2. The minimum Gasteiger partial charge on any atom is -0.472 e. The van der Waals surface area contributed by atoms with Gasteiger partial charge >= 0.3 is 0 Å². The molecule has 0 saturated heterocycles. The molecular formula is C23H31N3O3. The van der Waals surface area contributed by atoms with Gasteiger partial charge in [0.05, 0.1) is 19.1 Å². The Morgan fingerprint density at radius 1 is 1.21 bits per heavy atom. The van der Waals surface area contributed by atoms with E-state index in [1.807, 2.05) is 21.9 Å². The van der Waals surface area contributed by atoms with Crippen LogP contribution in [0.1, 0.15) is 56.8 Å². The van der Waals surface area contributed by atoms with Gasteiger partial charge in [-0.3, -0.25) is 9.59 Å². The van der Waals surface area contributed by atoms with Gasteiger partial charge in [0.15, 0.2) is 0 Å². The van der Waals surface area contributed by atoms with Gasteiger partial charge < -0.3 is 18.8 Å². The molecule has 1 aliphatic heterocycles. The molecule has 1 unspecified atom stereocenters. The number of fused-ring (bicyclic) bond motifs is 1. The maximum atomic E-state index is 13.4. The van der Waals surface area contributed by atoms with Crippen molar-refractivity contribution in [2.24, 2.45) is 11.8 Å². The average Bonchev–Trinajstić information content (AvgIpc) is 3.47. The van der Waals surface area contributed by atoms with E-state index in [2.05, 4.69) is 30.7 Å². The number of carbonyl (C=O) groups excluding carboxylic acids is 2. The molecule has 0 aromatic carbocycles. The van der Waals surface area contributed by atoms with Crippen LogP contribution in [0.15, 0.2) is 41.3 Å². The van der Waals surface area contributed by atoms with Crippen molar-refractivity contribution in [3.63, 3.8) is 0 Å². The smallest absolute Gasteiger partial charge is 0.243 e. The lowest BCUT2D eigenvalue weighted by Gasteiger charge is -2.38. The zero-order valence-corrected chi connectivity index (χ0v) is 17.4. The van der Waals surface area contributed by atoms with E-state index in [1.165, 1.54) is 0 Å². The number of aromatic nitrogens is 1. The van der Waals surface area contributed by atoms with Crippen LogP contribution < -0.4 is 0 Å². The average molecular weight is 398 g/mol. The van der Waals surface area contributed by atoms with Crippen molar-refractivity contribution in [3.05, 3.63) is 48.2 Å². The van der Waals surface area contributed by atoms with Gasteiger partial charge in [0.1, 0.15) is 6.04 Å². The van der Waals surface area contributed by atoms with Crippen molar-refractivity contribution in [1.82, 2.24) is 14.4 Å². The van der Waals surface area contributed by atoms with Crippen LogP contribution in [-0.2, 0) is 16.1 Å². The van der Waals surface area contributed by atoms with Crippen LogP contribution in [-0.4, -0.2) is 45.8 Å². The molecule has 3 heterocycles. The predicted molar refractivity (Wildman–Crippen MR) is 110 cm³/mol. The maximum absolute atomic E-state index is 13.4. The van der Waals surface area contributed by atoms with Gasteiger partial charge in [-0.05, 0) is 37.0 Å². The number of carbonyl (C=O) groups is 2. The molecule has 1 saturated carbocycles. The number of rotatable bonds is 6. The summed E-state index contributed by atoms with van der Waals surface area (Å²) < 4.78 is 7.51. The lowest BCUT2D eigenvalue weighted by atomic mass is 10.0. The van der Waals surface area contributed by atoms with Gasteiger partial charge in [0.2, 0.25) is 11.8 Å². The first-order chi connectivity index (χ1) is 14.0. The predicted octanol–water partition coefficient (Wildman–Crippen LogP) is 3.69. The van der Waals surface area contributed by atoms with E-state index in [1.54, 1.807) is 12.5 Å². The Balaban J connectivity index is 1.55. The van der Waals surface area contributed by atoms with Crippen LogP contribution in [0.3, 0.4) is 0 Å². The molecule has 4 rings (SSSR count). The van der Waals surface area contributed by atoms with E-state index in [0.29, 0.717) is 19.0 Å². The highest BCUT2D eigenvalue weighted by Gasteiger charge is 2.35. The Kier molecular flexibility index (Phi) is 5.79. The second-order valence-corrected chi connectivity index (χ2v) is 8.77. The maximum Gasteiger partial charge on any atom is 0.243 e. The normalized spacial score (nSPS) is 19.6. The highest BCUT2D eigenvalue weighted by Crippen LogP contribution is 2.33. The zero-order valence-electron chi connectivity index (χ0n) is 17.4. The van der Waals surface area contributed by atoms with Crippen LogP contribution in [0, 0.1) is 11.8 Å². The van der Waals surface area contributed by atoms with Crippen molar-refractivity contribution in [3.8, 4) is 0 Å². The molecule has 1 aliphatic carbocycles. The van der Waals surface area contributed by atoms with Gasteiger partial charge in [-0.25, -0.2) is 0 Å². The van der Waals surface area contributed by atoms with E-state index in [0.717, 1.165) is 43.5 Å². The molecule has 0 bridgehead atoms. The van der Waals surface area contributed by atoms with Crippen molar-refractivity contribution >= 4 is 11.8 Å². The standard InChI is InChI=1S/C23H31N3O3/c1-17(2)14-25(23(28)18-6-3-4-7-18)15-21(27)26-12-11-24-10-5-8-20(24)22(26)19-9-13-29-16-19/h5,8-10,13,16-18,22H,3-4,6-7,11-12,14-15H2,1-2H3. The highest BCUT2D eigenvalue weighted by molar-refractivity contribution is 5.86. The first-order valence-corrected chi connectivity index (χ1v) is 10.8. The van der Waals surface area contributed by atoms with Crippen molar-refractivity contribution in [2.75, 3.05) is 19.6 Å². The molecule has 2 aliphatic rings. The Hall–Kier alpha value is -2.50.